The Morgan fingerprint density at radius 2 is 0.928 bits per heavy atom. The molecule has 1 aromatic heterocycles. The smallest absolute Gasteiger partial charge is 0.252 e. The van der Waals surface area contributed by atoms with E-state index in [0.29, 0.717) is 88.1 Å². The summed E-state index contributed by atoms with van der Waals surface area (Å²) >= 11 is 0. The third-order valence-corrected chi connectivity index (χ3v) is 29.3. The van der Waals surface area contributed by atoms with Crippen LogP contribution in [0.25, 0.3) is 0 Å². The number of hydrogen-bond acceptors (Lipinski definition) is 11. The molecule has 0 saturated heterocycles. The van der Waals surface area contributed by atoms with Gasteiger partial charge in [-0.1, -0.05) is 46.7 Å². The highest BCUT2D eigenvalue weighted by Gasteiger charge is 2.63. The Hall–Kier alpha value is -2.05. The molecule has 0 amide bonds. The van der Waals surface area contributed by atoms with E-state index in [0.717, 1.165) is 163 Å². The van der Waals surface area contributed by atoms with Gasteiger partial charge in [-0.3, -0.25) is 14.4 Å². The Morgan fingerprint density at radius 1 is 0.506 bits per heavy atom. The molecule has 0 aromatic carbocycles. The highest BCUT2D eigenvalue weighted by atomic mass is 16.5. The number of rotatable bonds is 11. The Kier molecular flexibility index (Phi) is 18.0. The average molecular weight is 1150 g/mol. The maximum atomic E-state index is 12.6. The lowest BCUT2D eigenvalue weighted by Crippen LogP contribution is -2.54. The fourth-order valence-electron chi connectivity index (χ4n) is 24.1. The van der Waals surface area contributed by atoms with E-state index >= 15 is 0 Å². The maximum absolute atomic E-state index is 12.6. The second-order valence-electron chi connectivity index (χ2n) is 33.1. The number of ether oxygens (including phenoxy) is 3. The van der Waals surface area contributed by atoms with Crippen LogP contribution < -0.4 is 0 Å². The minimum Gasteiger partial charge on any atom is -0.393 e. The van der Waals surface area contributed by atoms with Gasteiger partial charge in [0.15, 0.2) is 6.33 Å². The molecule has 13 aliphatic carbocycles. The molecule has 83 heavy (non-hydrogen) atoms. The highest BCUT2D eigenvalue weighted by molar-refractivity contribution is 5.88. The number of ketones is 3. The van der Waals surface area contributed by atoms with E-state index in [-0.39, 0.29) is 22.3 Å². The minimum atomic E-state index is -0.0654. The summed E-state index contributed by atoms with van der Waals surface area (Å²) in [4.78, 5) is 44.0. The van der Waals surface area contributed by atoms with Crippen molar-refractivity contribution in [3.05, 3.63) is 12.2 Å². The molecular formula is C72H115N3O8. The standard InChI is InChI=1S/C26H42O3.C24H41NO2.C22H32N2O3/c1-25-13-11-20(29-16-17-3-6-19(27)7-4-17)15-18(25)5-8-21-22-9-10-24(28)26(22,2)14-12-23(21)25;1-23-12-10-18(27-15-5-14-25(3)4)16-17(23)6-7-19-20-8-9-22(26)24(20,2)13-11-21(19)23;1-21-9-7-15(26-12-20-23-13-24-27-20)11-14(21)3-4-16-17-5-6-19(25)22(17,2)10-8-18(16)21/h17-23,27H,3-16H2,1-2H3;17-21H,5-16H2,1-4H3;13-18H,3-12H2,1-2H3. The van der Waals surface area contributed by atoms with Crippen molar-refractivity contribution in [1.82, 2.24) is 15.0 Å². The Labute approximate surface area is 501 Å². The number of nitrogens with zero attached hydrogens (tertiary/aromatic N) is 3. The third kappa shape index (κ3) is 11.5. The van der Waals surface area contributed by atoms with Gasteiger partial charge in [-0.05, 0) is 300 Å². The van der Waals surface area contributed by atoms with E-state index in [4.69, 9.17) is 18.7 Å². The summed E-state index contributed by atoms with van der Waals surface area (Å²) in [5.74, 6) is 12.2. The predicted molar refractivity (Wildman–Crippen MR) is 324 cm³/mol. The molecule has 21 unspecified atom stereocenters. The predicted octanol–water partition coefficient (Wildman–Crippen LogP) is 15.0. The van der Waals surface area contributed by atoms with Crippen LogP contribution in [0.1, 0.15) is 253 Å². The first-order valence-corrected chi connectivity index (χ1v) is 35.3. The van der Waals surface area contributed by atoms with Crippen LogP contribution in [0.3, 0.4) is 0 Å². The molecule has 13 fully saturated rings. The van der Waals surface area contributed by atoms with Crippen LogP contribution in [-0.4, -0.2) is 95.8 Å². The molecule has 14 rings (SSSR count). The third-order valence-electron chi connectivity index (χ3n) is 29.3. The first-order chi connectivity index (χ1) is 39.7. The van der Waals surface area contributed by atoms with Crippen LogP contribution in [0.5, 0.6) is 0 Å². The zero-order valence-corrected chi connectivity index (χ0v) is 53.5. The quantitative estimate of drug-likeness (QED) is 0.212. The molecule has 13 aliphatic rings. The molecule has 0 aliphatic heterocycles. The number of carbonyl (C=O) groups excluding carboxylic acids is 3. The summed E-state index contributed by atoms with van der Waals surface area (Å²) in [7, 11) is 4.27. The maximum Gasteiger partial charge on any atom is 0.252 e. The van der Waals surface area contributed by atoms with Gasteiger partial charge in [-0.2, -0.15) is 4.98 Å². The monoisotopic (exact) mass is 1150 g/mol. The fraction of sp³-hybridized carbons (Fsp3) is 0.931. The average Bonchev–Trinajstić information content (AvgIpc) is 3.05. The summed E-state index contributed by atoms with van der Waals surface area (Å²) < 4.78 is 23.9. The second-order valence-corrected chi connectivity index (χ2v) is 33.1. The van der Waals surface area contributed by atoms with Crippen molar-refractivity contribution < 1.29 is 38.2 Å². The SMILES string of the molecule is CC12CCC3C(CCC4CC(OCC5CCC(O)CC5)CCC43C)C1CCC2=O.CC12CCC3C(CCC4CC(OCc5ncno5)CCC43C)C1CCC2=O.CN(C)CCCOC1CCC2(C)C(CCC3C4CCC(=O)C4(C)CCC32)C1. The van der Waals surface area contributed by atoms with Gasteiger partial charge in [-0.15, -0.1) is 0 Å². The summed E-state index contributed by atoms with van der Waals surface area (Å²) in [5, 5.41) is 13.4. The number of aromatic nitrogens is 2. The van der Waals surface area contributed by atoms with Gasteiger partial charge in [0.2, 0.25) is 0 Å². The molecule has 1 aromatic rings. The molecule has 21 atom stereocenters. The molecule has 13 saturated carbocycles. The zero-order valence-electron chi connectivity index (χ0n) is 53.5. The van der Waals surface area contributed by atoms with Gasteiger partial charge in [-0.25, -0.2) is 0 Å². The normalized spacial score (nSPS) is 48.7. The van der Waals surface area contributed by atoms with Crippen LogP contribution in [0.2, 0.25) is 0 Å². The van der Waals surface area contributed by atoms with Crippen LogP contribution in [0.15, 0.2) is 10.9 Å². The van der Waals surface area contributed by atoms with Gasteiger partial charge in [0.25, 0.3) is 5.89 Å². The first-order valence-electron chi connectivity index (χ1n) is 35.3. The largest absolute Gasteiger partial charge is 0.393 e. The van der Waals surface area contributed by atoms with Gasteiger partial charge < -0.3 is 28.7 Å². The first kappa shape index (κ1) is 61.2. The molecule has 11 heteroatoms. The van der Waals surface area contributed by atoms with E-state index in [1.165, 1.54) is 122 Å². The zero-order chi connectivity index (χ0) is 58.1. The van der Waals surface area contributed by atoms with Crippen molar-refractivity contribution in [1.29, 1.82) is 0 Å². The molecule has 0 radical (unpaired) electrons. The molecule has 11 nitrogen and oxygen atoms in total. The molecule has 466 valence electrons. The van der Waals surface area contributed by atoms with Gasteiger partial charge in [0.05, 0.1) is 24.4 Å². The number of fused-ring (bicyclic) bond motifs is 15. The number of hydrogen-bond donors (Lipinski definition) is 1. The van der Waals surface area contributed by atoms with Crippen molar-refractivity contribution >= 4 is 17.3 Å². The number of aliphatic hydroxyl groups is 1. The molecule has 1 N–H and O–H groups in total. The van der Waals surface area contributed by atoms with E-state index < -0.39 is 0 Å². The molecule has 1 heterocycles. The lowest BCUT2D eigenvalue weighted by atomic mass is 9.45. The van der Waals surface area contributed by atoms with Crippen LogP contribution in [-0.2, 0) is 35.2 Å². The second kappa shape index (κ2) is 24.4. The summed E-state index contributed by atoms with van der Waals surface area (Å²) in [5.41, 5.74) is 1.44. The van der Waals surface area contributed by atoms with Crippen molar-refractivity contribution in [2.45, 2.75) is 278 Å². The van der Waals surface area contributed by atoms with Crippen molar-refractivity contribution in [2.24, 2.45) is 109 Å². The summed E-state index contributed by atoms with van der Waals surface area (Å²) in [6, 6.07) is 0. The van der Waals surface area contributed by atoms with Crippen molar-refractivity contribution in [3.8, 4) is 0 Å². The number of carbonyl (C=O) groups is 3. The molecule has 0 spiro atoms. The topological polar surface area (TPSA) is 141 Å². The Bertz CT molecular complexity index is 2410. The number of aliphatic hydroxyl groups excluding tert-OH is 1. The van der Waals surface area contributed by atoms with Crippen LogP contribution in [0.4, 0.5) is 0 Å². The Morgan fingerprint density at radius 3 is 1.34 bits per heavy atom. The van der Waals surface area contributed by atoms with Gasteiger partial charge >= 0.3 is 0 Å². The summed E-state index contributed by atoms with van der Waals surface area (Å²) in [6.07, 6.45) is 40.5. The van der Waals surface area contributed by atoms with Crippen LogP contribution in [0, 0.1) is 109 Å². The van der Waals surface area contributed by atoms with E-state index in [1.54, 1.807) is 0 Å². The minimum absolute atomic E-state index is 0.00521. The lowest BCUT2D eigenvalue weighted by molar-refractivity contribution is -0.146. The molecule has 0 bridgehead atoms. The summed E-state index contributed by atoms with van der Waals surface area (Å²) in [6.45, 7) is 18.0. The van der Waals surface area contributed by atoms with Gasteiger partial charge in [0.1, 0.15) is 24.0 Å². The van der Waals surface area contributed by atoms with E-state index in [9.17, 15) is 19.5 Å². The van der Waals surface area contributed by atoms with E-state index in [2.05, 4.69) is 70.7 Å². The molecular weight excluding hydrogens is 1030 g/mol. The highest BCUT2D eigenvalue weighted by Crippen LogP contribution is 2.69. The van der Waals surface area contributed by atoms with Crippen molar-refractivity contribution in [3.63, 3.8) is 0 Å². The Balaban J connectivity index is 0.000000123. The van der Waals surface area contributed by atoms with Crippen LogP contribution >= 0.6 is 0 Å². The number of Topliss-reactive ketones (excluding diaryl/α,β-unsaturated/α-hetero) is 3. The van der Waals surface area contributed by atoms with Gasteiger partial charge in [0, 0.05) is 48.7 Å². The van der Waals surface area contributed by atoms with E-state index in [1.807, 2.05) is 0 Å². The van der Waals surface area contributed by atoms with Crippen molar-refractivity contribution in [2.75, 3.05) is 33.9 Å². The fourth-order valence-corrected chi connectivity index (χ4v) is 24.1. The lowest BCUT2D eigenvalue weighted by Gasteiger charge is -2.60.